The molecule has 3 rings (SSSR count). The van der Waals surface area contributed by atoms with Crippen LogP contribution in [0.3, 0.4) is 0 Å². The van der Waals surface area contributed by atoms with E-state index in [0.29, 0.717) is 0 Å². The number of nitrogens with zero attached hydrogens (tertiary/aromatic N) is 1. The topological polar surface area (TPSA) is 32.7 Å². The van der Waals surface area contributed by atoms with Crippen LogP contribution in [0.4, 0.5) is 0 Å². The van der Waals surface area contributed by atoms with E-state index in [9.17, 15) is 5.11 Å². The highest BCUT2D eigenvalue weighted by atomic mass is 16.5. The lowest BCUT2D eigenvalue weighted by atomic mass is 9.84. The van der Waals surface area contributed by atoms with Crippen molar-refractivity contribution in [2.45, 2.75) is 43.8 Å². The van der Waals surface area contributed by atoms with Crippen LogP contribution in [0.25, 0.3) is 0 Å². The summed E-state index contributed by atoms with van der Waals surface area (Å²) in [5, 5.41) is 10.7. The van der Waals surface area contributed by atoms with Gasteiger partial charge in [0.25, 0.3) is 0 Å². The molecule has 1 aliphatic carbocycles. The highest BCUT2D eigenvalue weighted by Crippen LogP contribution is 2.30. The molecular weight excluding hydrogens is 250 g/mol. The third-order valence-corrected chi connectivity index (χ3v) is 4.62. The maximum absolute atomic E-state index is 10.7. The number of ether oxygens (including phenoxy) is 1. The minimum Gasteiger partial charge on any atom is -0.389 e. The molecule has 1 unspecified atom stereocenters. The molecule has 1 saturated heterocycles. The number of morpholine rings is 1. The van der Waals surface area contributed by atoms with Gasteiger partial charge in [0, 0.05) is 19.6 Å². The maximum atomic E-state index is 10.7. The van der Waals surface area contributed by atoms with Crippen LogP contribution < -0.4 is 0 Å². The predicted octanol–water partition coefficient (Wildman–Crippen LogP) is 2.76. The zero-order chi connectivity index (χ0) is 13.8. The maximum Gasteiger partial charge on any atom is 0.0952 e. The van der Waals surface area contributed by atoms with Crippen LogP contribution in [-0.4, -0.2) is 41.8 Å². The zero-order valence-electron chi connectivity index (χ0n) is 12.1. The van der Waals surface area contributed by atoms with E-state index in [1.165, 1.54) is 24.8 Å². The second kappa shape index (κ2) is 6.25. The number of β-amino-alcohol motifs (C(OH)–C–C–N with tert-alkyl or cyclic N) is 1. The standard InChI is InChI=1S/C17H25NO2/c19-17(9-5-2-6-10-17)14-18-11-12-20-16(13-18)15-7-3-1-4-8-15/h1,3-4,7-8,16,19H,2,5-6,9-14H2. The highest BCUT2D eigenvalue weighted by Gasteiger charge is 2.33. The van der Waals surface area contributed by atoms with E-state index in [2.05, 4.69) is 29.2 Å². The van der Waals surface area contributed by atoms with Gasteiger partial charge in [0.05, 0.1) is 18.3 Å². The van der Waals surface area contributed by atoms with Gasteiger partial charge in [-0.25, -0.2) is 0 Å². The minimum absolute atomic E-state index is 0.150. The molecule has 3 heteroatoms. The number of hydrogen-bond donors (Lipinski definition) is 1. The van der Waals surface area contributed by atoms with E-state index in [1.54, 1.807) is 0 Å². The highest BCUT2D eigenvalue weighted by molar-refractivity contribution is 5.18. The average Bonchev–Trinajstić information content (AvgIpc) is 2.49. The Morgan fingerprint density at radius 3 is 2.65 bits per heavy atom. The molecule has 1 aromatic carbocycles. The van der Waals surface area contributed by atoms with E-state index in [1.807, 2.05) is 6.07 Å². The second-order valence-corrected chi connectivity index (χ2v) is 6.29. The van der Waals surface area contributed by atoms with Crippen molar-refractivity contribution < 1.29 is 9.84 Å². The van der Waals surface area contributed by atoms with Gasteiger partial charge < -0.3 is 9.84 Å². The SMILES string of the molecule is OC1(CN2CCOC(c3ccccc3)C2)CCCCC1. The lowest BCUT2D eigenvalue weighted by molar-refractivity contribution is -0.0766. The van der Waals surface area contributed by atoms with Crippen molar-refractivity contribution in [3.05, 3.63) is 35.9 Å². The van der Waals surface area contributed by atoms with Crippen molar-refractivity contribution in [2.24, 2.45) is 0 Å². The van der Waals surface area contributed by atoms with Crippen molar-refractivity contribution in [2.75, 3.05) is 26.2 Å². The van der Waals surface area contributed by atoms with Gasteiger partial charge in [-0.3, -0.25) is 4.90 Å². The molecule has 0 bridgehead atoms. The van der Waals surface area contributed by atoms with E-state index in [0.717, 1.165) is 39.1 Å². The van der Waals surface area contributed by atoms with E-state index in [4.69, 9.17) is 4.74 Å². The summed E-state index contributed by atoms with van der Waals surface area (Å²) in [6, 6.07) is 10.4. The fraction of sp³-hybridized carbons (Fsp3) is 0.647. The van der Waals surface area contributed by atoms with Gasteiger partial charge in [0.1, 0.15) is 0 Å². The number of benzene rings is 1. The van der Waals surface area contributed by atoms with Crippen LogP contribution in [-0.2, 0) is 4.74 Å². The first kappa shape index (κ1) is 14.1. The monoisotopic (exact) mass is 275 g/mol. The van der Waals surface area contributed by atoms with E-state index >= 15 is 0 Å². The van der Waals surface area contributed by atoms with Gasteiger partial charge in [-0.15, -0.1) is 0 Å². The molecule has 1 atom stereocenters. The van der Waals surface area contributed by atoms with Crippen molar-refractivity contribution in [3.63, 3.8) is 0 Å². The average molecular weight is 275 g/mol. The number of rotatable bonds is 3. The Bertz CT molecular complexity index is 414. The summed E-state index contributed by atoms with van der Waals surface area (Å²) in [4.78, 5) is 2.38. The van der Waals surface area contributed by atoms with Crippen molar-refractivity contribution in [3.8, 4) is 0 Å². The summed E-state index contributed by atoms with van der Waals surface area (Å²) in [6.45, 7) is 3.40. The third kappa shape index (κ3) is 3.40. The fourth-order valence-electron chi connectivity index (χ4n) is 3.50. The molecule has 1 aromatic rings. The molecule has 2 fully saturated rings. The Hall–Kier alpha value is -0.900. The summed E-state index contributed by atoms with van der Waals surface area (Å²) >= 11 is 0. The summed E-state index contributed by atoms with van der Waals surface area (Å²) in [7, 11) is 0. The largest absolute Gasteiger partial charge is 0.389 e. The first-order chi connectivity index (χ1) is 9.75. The molecule has 1 saturated carbocycles. The van der Waals surface area contributed by atoms with Gasteiger partial charge in [-0.2, -0.15) is 0 Å². The normalized spacial score (nSPS) is 27.4. The molecule has 110 valence electrons. The first-order valence-corrected chi connectivity index (χ1v) is 7.86. The van der Waals surface area contributed by atoms with Crippen molar-refractivity contribution >= 4 is 0 Å². The summed E-state index contributed by atoms with van der Waals surface area (Å²) in [5.41, 5.74) is 0.782. The molecule has 20 heavy (non-hydrogen) atoms. The van der Waals surface area contributed by atoms with Gasteiger partial charge in [-0.1, -0.05) is 49.6 Å². The molecule has 1 N–H and O–H groups in total. The Labute approximate surface area is 121 Å². The number of aliphatic hydroxyl groups is 1. The molecule has 0 aromatic heterocycles. The van der Waals surface area contributed by atoms with Crippen LogP contribution in [0.1, 0.15) is 43.8 Å². The van der Waals surface area contributed by atoms with Crippen LogP contribution >= 0.6 is 0 Å². The molecule has 2 aliphatic rings. The van der Waals surface area contributed by atoms with Gasteiger partial charge in [0.15, 0.2) is 0 Å². The Morgan fingerprint density at radius 2 is 1.90 bits per heavy atom. The van der Waals surface area contributed by atoms with Crippen LogP contribution in [0.5, 0.6) is 0 Å². The Kier molecular flexibility index (Phi) is 4.39. The lowest BCUT2D eigenvalue weighted by Crippen LogP contribution is -2.49. The minimum atomic E-state index is -0.461. The van der Waals surface area contributed by atoms with Crippen LogP contribution in [0, 0.1) is 0 Å². The molecule has 1 aliphatic heterocycles. The molecule has 0 radical (unpaired) electrons. The lowest BCUT2D eigenvalue weighted by Gasteiger charge is -2.40. The third-order valence-electron chi connectivity index (χ3n) is 4.62. The fourth-order valence-corrected chi connectivity index (χ4v) is 3.50. The first-order valence-electron chi connectivity index (χ1n) is 7.86. The Morgan fingerprint density at radius 1 is 1.15 bits per heavy atom. The smallest absolute Gasteiger partial charge is 0.0952 e. The Balaban J connectivity index is 1.60. The molecule has 3 nitrogen and oxygen atoms in total. The van der Waals surface area contributed by atoms with Gasteiger partial charge >= 0.3 is 0 Å². The molecule has 1 heterocycles. The molecule has 0 spiro atoms. The second-order valence-electron chi connectivity index (χ2n) is 6.29. The summed E-state index contributed by atoms with van der Waals surface area (Å²) in [6.07, 6.45) is 5.68. The molecular formula is C17H25NO2. The van der Waals surface area contributed by atoms with Crippen molar-refractivity contribution in [1.82, 2.24) is 4.90 Å². The quantitative estimate of drug-likeness (QED) is 0.920. The van der Waals surface area contributed by atoms with Gasteiger partial charge in [0.2, 0.25) is 0 Å². The zero-order valence-corrected chi connectivity index (χ0v) is 12.1. The molecule has 0 amide bonds. The number of hydrogen-bond acceptors (Lipinski definition) is 3. The van der Waals surface area contributed by atoms with E-state index in [-0.39, 0.29) is 6.10 Å². The van der Waals surface area contributed by atoms with Crippen LogP contribution in [0.2, 0.25) is 0 Å². The van der Waals surface area contributed by atoms with E-state index < -0.39 is 5.60 Å². The predicted molar refractivity (Wildman–Crippen MR) is 79.6 cm³/mol. The van der Waals surface area contributed by atoms with Crippen molar-refractivity contribution in [1.29, 1.82) is 0 Å². The summed E-state index contributed by atoms with van der Waals surface area (Å²) in [5.74, 6) is 0. The van der Waals surface area contributed by atoms with Gasteiger partial charge in [-0.05, 0) is 18.4 Å². The summed E-state index contributed by atoms with van der Waals surface area (Å²) < 4.78 is 5.89. The van der Waals surface area contributed by atoms with Crippen LogP contribution in [0.15, 0.2) is 30.3 Å².